The van der Waals surface area contributed by atoms with Crippen molar-refractivity contribution in [1.29, 1.82) is 0 Å². The van der Waals surface area contributed by atoms with Gasteiger partial charge in [-0.1, -0.05) is 127 Å². The van der Waals surface area contributed by atoms with Crippen molar-refractivity contribution in [3.63, 3.8) is 0 Å². The van der Waals surface area contributed by atoms with Gasteiger partial charge in [-0.25, -0.2) is 0 Å². The highest BCUT2D eigenvalue weighted by Crippen LogP contribution is 2.45. The summed E-state index contributed by atoms with van der Waals surface area (Å²) in [5.74, 6) is 0. The van der Waals surface area contributed by atoms with Crippen molar-refractivity contribution in [3.05, 3.63) is 223 Å². The van der Waals surface area contributed by atoms with Gasteiger partial charge in [0.2, 0.25) is 0 Å². The Balaban J connectivity index is 0.983. The zero-order valence-corrected chi connectivity index (χ0v) is 35.4. The van der Waals surface area contributed by atoms with Gasteiger partial charge in [0.15, 0.2) is 0 Å². The SMILES string of the molecule is O=c1c2ccccc2c2cc(-c3ccccc3)cc3c4cc(-c5cccc6oc7ccc(-n8c9ccccc9c9c8ccc8c%10ccccc%10n(-c%10ccccc%10)c89)cc7c56)ccc4n1c23. The van der Waals surface area contributed by atoms with Crippen molar-refractivity contribution >= 4 is 104 Å². The molecule has 0 fully saturated rings. The maximum Gasteiger partial charge on any atom is 0.263 e. The van der Waals surface area contributed by atoms with E-state index in [2.05, 4.69) is 197 Å². The lowest BCUT2D eigenvalue weighted by atomic mass is 9.96. The van der Waals surface area contributed by atoms with E-state index in [1.165, 1.54) is 32.6 Å². The van der Waals surface area contributed by atoms with Gasteiger partial charge in [-0.3, -0.25) is 9.20 Å². The van der Waals surface area contributed by atoms with Crippen LogP contribution in [-0.2, 0) is 0 Å². The van der Waals surface area contributed by atoms with E-state index in [1.807, 2.05) is 28.7 Å². The van der Waals surface area contributed by atoms with Crippen LogP contribution in [0, 0.1) is 0 Å². The van der Waals surface area contributed by atoms with Crippen LogP contribution in [0.15, 0.2) is 222 Å². The van der Waals surface area contributed by atoms with E-state index in [1.54, 1.807) is 0 Å². The summed E-state index contributed by atoms with van der Waals surface area (Å²) >= 11 is 0. The summed E-state index contributed by atoms with van der Waals surface area (Å²) in [5, 5.41) is 11.8. The summed E-state index contributed by atoms with van der Waals surface area (Å²) in [7, 11) is 0. The third kappa shape index (κ3) is 4.70. The highest BCUT2D eigenvalue weighted by molar-refractivity contribution is 6.27. The zero-order valence-electron chi connectivity index (χ0n) is 35.4. The Morgan fingerprint density at radius 2 is 0.985 bits per heavy atom. The fourth-order valence-electron chi connectivity index (χ4n) is 11.4. The second kappa shape index (κ2) is 13.1. The van der Waals surface area contributed by atoms with Gasteiger partial charge >= 0.3 is 0 Å². The molecular formula is C61H35N3O2. The fourth-order valence-corrected chi connectivity index (χ4v) is 11.4. The zero-order chi connectivity index (χ0) is 43.2. The van der Waals surface area contributed by atoms with Gasteiger partial charge in [0.05, 0.1) is 33.1 Å². The molecule has 0 bridgehead atoms. The fraction of sp³-hybridized carbons (Fsp3) is 0. The molecule has 0 atom stereocenters. The van der Waals surface area contributed by atoms with E-state index in [4.69, 9.17) is 4.42 Å². The van der Waals surface area contributed by atoms with Gasteiger partial charge in [-0.05, 0) is 113 Å². The molecule has 306 valence electrons. The third-order valence-electron chi connectivity index (χ3n) is 14.2. The quantitative estimate of drug-likeness (QED) is 0.166. The number of pyridine rings is 1. The second-order valence-corrected chi connectivity index (χ2v) is 17.6. The van der Waals surface area contributed by atoms with Crippen LogP contribution < -0.4 is 5.56 Å². The molecule has 0 radical (unpaired) electrons. The van der Waals surface area contributed by atoms with Gasteiger partial charge in [-0.2, -0.15) is 0 Å². The molecule has 0 amide bonds. The highest BCUT2D eigenvalue weighted by Gasteiger charge is 2.23. The first-order valence-electron chi connectivity index (χ1n) is 22.5. The lowest BCUT2D eigenvalue weighted by molar-refractivity contribution is 0.669. The molecule has 5 nitrogen and oxygen atoms in total. The maximum absolute atomic E-state index is 14.4. The molecule has 0 spiro atoms. The minimum Gasteiger partial charge on any atom is -0.456 e. The van der Waals surface area contributed by atoms with Gasteiger partial charge in [0, 0.05) is 65.2 Å². The van der Waals surface area contributed by atoms with Crippen LogP contribution in [-0.4, -0.2) is 13.5 Å². The Labute approximate surface area is 376 Å². The minimum absolute atomic E-state index is 0.00102. The number of hydrogen-bond acceptors (Lipinski definition) is 2. The third-order valence-corrected chi connectivity index (χ3v) is 14.2. The number of aromatic nitrogens is 3. The van der Waals surface area contributed by atoms with Crippen molar-refractivity contribution < 1.29 is 4.42 Å². The van der Waals surface area contributed by atoms with E-state index >= 15 is 0 Å². The van der Waals surface area contributed by atoms with Crippen LogP contribution in [0.1, 0.15) is 0 Å². The second-order valence-electron chi connectivity index (χ2n) is 17.6. The Morgan fingerprint density at radius 3 is 1.80 bits per heavy atom. The van der Waals surface area contributed by atoms with Gasteiger partial charge in [-0.15, -0.1) is 0 Å². The molecule has 0 saturated carbocycles. The number of benzene rings is 10. The monoisotopic (exact) mass is 841 g/mol. The molecular weight excluding hydrogens is 807 g/mol. The molecule has 15 rings (SSSR count). The van der Waals surface area contributed by atoms with Crippen molar-refractivity contribution in [2.24, 2.45) is 0 Å². The van der Waals surface area contributed by atoms with Crippen LogP contribution in [0.25, 0.3) is 137 Å². The van der Waals surface area contributed by atoms with E-state index in [9.17, 15) is 4.79 Å². The predicted octanol–water partition coefficient (Wildman–Crippen LogP) is 15.6. The first kappa shape index (κ1) is 35.5. The van der Waals surface area contributed by atoms with Crippen LogP contribution in [0.5, 0.6) is 0 Å². The molecule has 0 unspecified atom stereocenters. The molecule has 0 aliphatic rings. The Kier molecular flexibility index (Phi) is 7.03. The predicted molar refractivity (Wildman–Crippen MR) is 274 cm³/mol. The van der Waals surface area contributed by atoms with Crippen molar-refractivity contribution in [2.75, 3.05) is 0 Å². The van der Waals surface area contributed by atoms with Crippen molar-refractivity contribution in [2.45, 2.75) is 0 Å². The standard InChI is InChI=1S/C61H35N3O2/c65-61-45-20-8-7-18-42(45)48-33-38(36-14-3-1-4-15-36)34-49-47-32-37(26-29-53(47)64(61)59(48)49)41-22-13-25-56-57(41)50-35-40(27-31-55(50)66-56)62-52-24-12-10-21-46(52)58-54(62)30-28-44-43-19-9-11-23-51(43)63(60(44)58)39-16-5-2-6-17-39/h1-35H. The molecule has 15 aromatic rings. The van der Waals surface area contributed by atoms with E-state index in [0.717, 1.165) is 105 Å². The molecule has 0 saturated heterocycles. The minimum atomic E-state index is 0.00102. The van der Waals surface area contributed by atoms with Gasteiger partial charge in [0.25, 0.3) is 5.56 Å². The smallest absolute Gasteiger partial charge is 0.263 e. The number of hydrogen-bond donors (Lipinski definition) is 0. The number of fused-ring (bicyclic) bond motifs is 15. The largest absolute Gasteiger partial charge is 0.456 e. The highest BCUT2D eigenvalue weighted by atomic mass is 16.3. The average Bonchev–Trinajstić information content (AvgIpc) is 4.12. The summed E-state index contributed by atoms with van der Waals surface area (Å²) in [5.41, 5.74) is 14.8. The molecule has 0 aliphatic heterocycles. The molecule has 5 aromatic heterocycles. The molecule has 0 N–H and O–H groups in total. The number of rotatable bonds is 4. The molecule has 5 heterocycles. The molecule has 0 aliphatic carbocycles. The lowest BCUT2D eigenvalue weighted by Crippen LogP contribution is -2.12. The maximum atomic E-state index is 14.4. The molecule has 5 heteroatoms. The van der Waals surface area contributed by atoms with Gasteiger partial charge in [0.1, 0.15) is 11.2 Å². The van der Waals surface area contributed by atoms with Crippen molar-refractivity contribution in [3.8, 4) is 33.6 Å². The Morgan fingerprint density at radius 1 is 0.318 bits per heavy atom. The van der Waals surface area contributed by atoms with E-state index in [-0.39, 0.29) is 5.56 Å². The number of para-hydroxylation sites is 3. The van der Waals surface area contributed by atoms with Crippen molar-refractivity contribution in [1.82, 2.24) is 13.5 Å². The van der Waals surface area contributed by atoms with Crippen LogP contribution in [0.3, 0.4) is 0 Å². The first-order chi connectivity index (χ1) is 32.7. The van der Waals surface area contributed by atoms with Crippen LogP contribution >= 0.6 is 0 Å². The summed E-state index contributed by atoms with van der Waals surface area (Å²) in [6.45, 7) is 0. The Hall–Kier alpha value is -8.93. The summed E-state index contributed by atoms with van der Waals surface area (Å²) in [4.78, 5) is 14.4. The van der Waals surface area contributed by atoms with Gasteiger partial charge < -0.3 is 13.6 Å². The summed E-state index contributed by atoms with van der Waals surface area (Å²) < 4.78 is 13.4. The summed E-state index contributed by atoms with van der Waals surface area (Å²) in [6.07, 6.45) is 0. The average molecular weight is 842 g/mol. The topological polar surface area (TPSA) is 44.5 Å². The van der Waals surface area contributed by atoms with E-state index in [0.29, 0.717) is 0 Å². The normalized spacial score (nSPS) is 12.3. The Bertz CT molecular complexity index is 4590. The first-order valence-corrected chi connectivity index (χ1v) is 22.5. The lowest BCUT2D eigenvalue weighted by Gasteiger charge is -2.10. The molecule has 66 heavy (non-hydrogen) atoms. The number of nitrogens with zero attached hydrogens (tertiary/aromatic N) is 3. The van der Waals surface area contributed by atoms with Crippen LogP contribution in [0.4, 0.5) is 0 Å². The van der Waals surface area contributed by atoms with Crippen LogP contribution in [0.2, 0.25) is 0 Å². The van der Waals surface area contributed by atoms with E-state index < -0.39 is 0 Å². The summed E-state index contributed by atoms with van der Waals surface area (Å²) in [6, 6.07) is 75.4. The number of furan rings is 1. The molecule has 10 aromatic carbocycles.